The molecule has 0 bridgehead atoms. The first-order valence-electron chi connectivity index (χ1n) is 8.16. The van der Waals surface area contributed by atoms with E-state index in [1.54, 1.807) is 30.3 Å². The predicted molar refractivity (Wildman–Crippen MR) is 97.3 cm³/mol. The van der Waals surface area contributed by atoms with E-state index in [4.69, 9.17) is 4.74 Å². The zero-order chi connectivity index (χ0) is 20.0. The molecule has 0 aliphatic rings. The lowest BCUT2D eigenvalue weighted by atomic mass is 10.2. The summed E-state index contributed by atoms with van der Waals surface area (Å²) in [4.78, 5) is 11.9. The third-order valence-corrected chi connectivity index (χ3v) is 3.53. The molecule has 144 valence electrons. The summed E-state index contributed by atoms with van der Waals surface area (Å²) < 4.78 is 43.0. The van der Waals surface area contributed by atoms with Gasteiger partial charge in [0.2, 0.25) is 0 Å². The molecule has 1 aromatic heterocycles. The number of nitrogens with one attached hydrogen (secondary N) is 2. The van der Waals surface area contributed by atoms with Gasteiger partial charge in [0.05, 0.1) is 5.56 Å². The average Bonchev–Trinajstić information content (AvgIpc) is 2.68. The summed E-state index contributed by atoms with van der Waals surface area (Å²) in [7, 11) is 0. The van der Waals surface area contributed by atoms with E-state index in [2.05, 4.69) is 20.8 Å². The minimum absolute atomic E-state index is 0.183. The van der Waals surface area contributed by atoms with Crippen LogP contribution in [0.1, 0.15) is 5.56 Å². The van der Waals surface area contributed by atoms with Gasteiger partial charge in [-0.1, -0.05) is 18.2 Å². The molecule has 2 aromatic carbocycles. The quantitative estimate of drug-likeness (QED) is 0.660. The van der Waals surface area contributed by atoms with Gasteiger partial charge in [-0.25, -0.2) is 0 Å². The normalized spacial score (nSPS) is 11.0. The van der Waals surface area contributed by atoms with Crippen LogP contribution in [0.5, 0.6) is 5.75 Å². The van der Waals surface area contributed by atoms with Crippen molar-refractivity contribution in [1.29, 1.82) is 0 Å². The molecule has 3 aromatic rings. The van der Waals surface area contributed by atoms with Crippen molar-refractivity contribution in [2.75, 3.05) is 17.2 Å². The second-order valence-corrected chi connectivity index (χ2v) is 5.65. The third-order valence-electron chi connectivity index (χ3n) is 3.53. The van der Waals surface area contributed by atoms with Gasteiger partial charge in [0.15, 0.2) is 18.2 Å². The highest BCUT2D eigenvalue weighted by molar-refractivity contribution is 5.90. The maximum absolute atomic E-state index is 12.6. The monoisotopic (exact) mass is 388 g/mol. The molecular weight excluding hydrogens is 373 g/mol. The number of ether oxygens (including phenoxy) is 1. The molecule has 28 heavy (non-hydrogen) atoms. The Hall–Kier alpha value is -3.62. The van der Waals surface area contributed by atoms with Gasteiger partial charge in [0.1, 0.15) is 5.75 Å². The third kappa shape index (κ3) is 5.44. The molecule has 9 heteroatoms. The summed E-state index contributed by atoms with van der Waals surface area (Å²) >= 11 is 0. The molecule has 0 saturated heterocycles. The molecule has 0 aliphatic carbocycles. The number of halogens is 3. The Balaban J connectivity index is 1.52. The second kappa shape index (κ2) is 8.38. The van der Waals surface area contributed by atoms with Crippen molar-refractivity contribution in [2.24, 2.45) is 0 Å². The molecule has 1 heterocycles. The van der Waals surface area contributed by atoms with Gasteiger partial charge in [-0.2, -0.15) is 13.2 Å². The van der Waals surface area contributed by atoms with Crippen LogP contribution in [0.4, 0.5) is 30.5 Å². The second-order valence-electron chi connectivity index (χ2n) is 5.65. The number of nitrogens with zero attached hydrogens (tertiary/aromatic N) is 2. The lowest BCUT2D eigenvalue weighted by molar-refractivity contribution is -0.137. The minimum atomic E-state index is -4.39. The van der Waals surface area contributed by atoms with Crippen LogP contribution >= 0.6 is 0 Å². The van der Waals surface area contributed by atoms with Crippen molar-refractivity contribution in [1.82, 2.24) is 10.2 Å². The lowest BCUT2D eigenvalue weighted by Gasteiger charge is -2.09. The van der Waals surface area contributed by atoms with E-state index in [1.165, 1.54) is 18.2 Å². The number of carbonyl (C=O) groups is 1. The van der Waals surface area contributed by atoms with Crippen molar-refractivity contribution < 1.29 is 22.7 Å². The zero-order valence-corrected chi connectivity index (χ0v) is 14.4. The van der Waals surface area contributed by atoms with Gasteiger partial charge in [-0.05, 0) is 48.5 Å². The van der Waals surface area contributed by atoms with E-state index in [9.17, 15) is 18.0 Å². The number of aromatic nitrogens is 2. The number of carbonyl (C=O) groups excluding carboxylic acids is 1. The Morgan fingerprint density at radius 1 is 0.893 bits per heavy atom. The summed E-state index contributed by atoms with van der Waals surface area (Å²) in [6.45, 7) is -0.183. The van der Waals surface area contributed by atoms with Crippen molar-refractivity contribution in [2.45, 2.75) is 6.18 Å². The fraction of sp³-hybridized carbons (Fsp3) is 0.105. The maximum Gasteiger partial charge on any atom is 0.416 e. The highest BCUT2D eigenvalue weighted by Gasteiger charge is 2.29. The Morgan fingerprint density at radius 3 is 2.14 bits per heavy atom. The summed E-state index contributed by atoms with van der Waals surface area (Å²) in [6, 6.07) is 16.5. The van der Waals surface area contributed by atoms with Gasteiger partial charge in [0, 0.05) is 5.69 Å². The highest BCUT2D eigenvalue weighted by atomic mass is 19.4. The standard InChI is InChI=1S/C19H15F3N4O2/c20-19(21,22)13-6-8-14(9-7-13)23-16-10-11-17(26-25-16)24-18(27)12-28-15-4-2-1-3-5-15/h1-11H,12H2,(H,23,25)(H,24,26,27). The van der Waals surface area contributed by atoms with Crippen molar-refractivity contribution >= 4 is 23.2 Å². The van der Waals surface area contributed by atoms with Crippen molar-refractivity contribution in [3.8, 4) is 5.75 Å². The molecule has 1 amide bonds. The molecular formula is C19H15F3N4O2. The summed E-state index contributed by atoms with van der Waals surface area (Å²) in [5.74, 6) is 0.708. The Morgan fingerprint density at radius 2 is 1.54 bits per heavy atom. The number of benzene rings is 2. The lowest BCUT2D eigenvalue weighted by Crippen LogP contribution is -2.21. The topological polar surface area (TPSA) is 76.1 Å². The summed E-state index contributed by atoms with van der Waals surface area (Å²) in [5.41, 5.74) is -0.310. The van der Waals surface area contributed by atoms with Crippen molar-refractivity contribution in [3.05, 3.63) is 72.3 Å². The summed E-state index contributed by atoms with van der Waals surface area (Å²) in [5, 5.41) is 13.1. The highest BCUT2D eigenvalue weighted by Crippen LogP contribution is 2.30. The van der Waals surface area contributed by atoms with Crippen LogP contribution < -0.4 is 15.4 Å². The van der Waals surface area contributed by atoms with Gasteiger partial charge in [-0.3, -0.25) is 4.79 Å². The van der Waals surface area contributed by atoms with Crippen LogP contribution in [0.25, 0.3) is 0 Å². The number of hydrogen-bond acceptors (Lipinski definition) is 5. The number of rotatable bonds is 6. The van der Waals surface area contributed by atoms with Gasteiger partial charge in [-0.15, -0.1) is 10.2 Å². The zero-order valence-electron chi connectivity index (χ0n) is 14.4. The van der Waals surface area contributed by atoms with Crippen LogP contribution in [-0.2, 0) is 11.0 Å². The minimum Gasteiger partial charge on any atom is -0.484 e. The van der Waals surface area contributed by atoms with E-state index in [0.29, 0.717) is 17.3 Å². The van der Waals surface area contributed by atoms with Crippen LogP contribution in [0.3, 0.4) is 0 Å². The van der Waals surface area contributed by atoms with Crippen LogP contribution in [0.15, 0.2) is 66.7 Å². The largest absolute Gasteiger partial charge is 0.484 e. The van der Waals surface area contributed by atoms with E-state index >= 15 is 0 Å². The van der Waals surface area contributed by atoms with Crippen LogP contribution in [0, 0.1) is 0 Å². The first kappa shape index (κ1) is 19.2. The first-order chi connectivity index (χ1) is 13.4. The molecule has 3 rings (SSSR count). The number of alkyl halides is 3. The van der Waals surface area contributed by atoms with Gasteiger partial charge < -0.3 is 15.4 Å². The summed E-state index contributed by atoms with van der Waals surface area (Å²) in [6.07, 6.45) is -4.39. The van der Waals surface area contributed by atoms with E-state index in [0.717, 1.165) is 12.1 Å². The first-order valence-corrected chi connectivity index (χ1v) is 8.16. The van der Waals surface area contributed by atoms with E-state index < -0.39 is 17.6 Å². The Kier molecular flexibility index (Phi) is 5.73. The fourth-order valence-electron chi connectivity index (χ4n) is 2.20. The molecule has 0 radical (unpaired) electrons. The Bertz CT molecular complexity index is 915. The predicted octanol–water partition coefficient (Wildman–Crippen LogP) is 4.26. The average molecular weight is 388 g/mol. The van der Waals surface area contributed by atoms with Crippen LogP contribution in [0.2, 0.25) is 0 Å². The molecule has 0 unspecified atom stereocenters. The van der Waals surface area contributed by atoms with E-state index in [1.807, 2.05) is 6.07 Å². The number of amides is 1. The smallest absolute Gasteiger partial charge is 0.416 e. The fourth-order valence-corrected chi connectivity index (χ4v) is 2.20. The molecule has 0 spiro atoms. The van der Waals surface area contributed by atoms with Crippen molar-refractivity contribution in [3.63, 3.8) is 0 Å². The molecule has 0 fully saturated rings. The molecule has 0 aliphatic heterocycles. The molecule has 6 nitrogen and oxygen atoms in total. The van der Waals surface area contributed by atoms with E-state index in [-0.39, 0.29) is 12.4 Å². The number of anilines is 3. The number of hydrogen-bond donors (Lipinski definition) is 2. The molecule has 2 N–H and O–H groups in total. The number of para-hydroxylation sites is 1. The Labute approximate surface area is 158 Å². The molecule has 0 atom stereocenters. The maximum atomic E-state index is 12.6. The molecule has 0 saturated carbocycles. The van der Waals surface area contributed by atoms with Gasteiger partial charge in [0.25, 0.3) is 5.91 Å². The van der Waals surface area contributed by atoms with Crippen LogP contribution in [-0.4, -0.2) is 22.7 Å². The van der Waals surface area contributed by atoms with Gasteiger partial charge >= 0.3 is 6.18 Å². The SMILES string of the molecule is O=C(COc1ccccc1)Nc1ccc(Nc2ccc(C(F)(F)F)cc2)nn1.